The van der Waals surface area contributed by atoms with E-state index in [4.69, 9.17) is 12.2 Å². The van der Waals surface area contributed by atoms with Gasteiger partial charge in [-0.25, -0.2) is 0 Å². The maximum absolute atomic E-state index is 9.27. The van der Waals surface area contributed by atoms with Crippen LogP contribution >= 0.6 is 12.2 Å². The Kier molecular flexibility index (Phi) is 4.53. The molecule has 0 aromatic rings. The Morgan fingerprint density at radius 2 is 2.13 bits per heavy atom. The van der Waals surface area contributed by atoms with Crippen LogP contribution in [0.1, 0.15) is 40.0 Å². The summed E-state index contributed by atoms with van der Waals surface area (Å²) in [5.41, 5.74) is 0. The lowest BCUT2D eigenvalue weighted by Gasteiger charge is -2.30. The zero-order valence-electron chi connectivity index (χ0n) is 9.86. The molecule has 0 radical (unpaired) electrons. The Balaban J connectivity index is 2.76. The van der Waals surface area contributed by atoms with Crippen LogP contribution in [0.2, 0.25) is 0 Å². The minimum atomic E-state index is -0.00236. The lowest BCUT2D eigenvalue weighted by Crippen LogP contribution is -2.40. The van der Waals surface area contributed by atoms with E-state index in [9.17, 15) is 5.26 Å². The highest BCUT2D eigenvalue weighted by atomic mass is 32.1. The van der Waals surface area contributed by atoms with Gasteiger partial charge in [-0.3, -0.25) is 0 Å². The number of rotatable bonds is 4. The van der Waals surface area contributed by atoms with Crippen molar-refractivity contribution in [2.24, 2.45) is 11.8 Å². The molecule has 1 fully saturated rings. The molecule has 0 aliphatic carbocycles. The fraction of sp³-hybridized carbons (Fsp3) is 0.833. The summed E-state index contributed by atoms with van der Waals surface area (Å²) < 4.78 is 0. The fourth-order valence-electron chi connectivity index (χ4n) is 2.29. The minimum Gasteiger partial charge on any atom is -0.350 e. The summed E-state index contributed by atoms with van der Waals surface area (Å²) in [5, 5.41) is 9.27. The molecule has 84 valence electrons. The summed E-state index contributed by atoms with van der Waals surface area (Å²) >= 11 is 5.40. The highest BCUT2D eigenvalue weighted by Crippen LogP contribution is 2.26. The fourth-order valence-corrected chi connectivity index (χ4v) is 2.61. The van der Waals surface area contributed by atoms with E-state index in [0.29, 0.717) is 11.8 Å². The van der Waals surface area contributed by atoms with Crippen molar-refractivity contribution >= 4 is 17.2 Å². The maximum Gasteiger partial charge on any atom is 0.120 e. The molecule has 0 aromatic carbocycles. The van der Waals surface area contributed by atoms with E-state index >= 15 is 0 Å². The van der Waals surface area contributed by atoms with Crippen molar-refractivity contribution in [2.45, 2.75) is 46.1 Å². The Labute approximate surface area is 98.3 Å². The molecule has 1 aliphatic rings. The number of likely N-dealkylation sites (tertiary alicyclic amines) is 1. The van der Waals surface area contributed by atoms with E-state index in [2.05, 4.69) is 31.7 Å². The van der Waals surface area contributed by atoms with Crippen molar-refractivity contribution in [3.05, 3.63) is 0 Å². The van der Waals surface area contributed by atoms with E-state index in [1.807, 2.05) is 0 Å². The van der Waals surface area contributed by atoms with Gasteiger partial charge in [0.25, 0.3) is 0 Å². The number of hydrogen-bond donors (Lipinski definition) is 0. The topological polar surface area (TPSA) is 27.0 Å². The molecule has 1 saturated heterocycles. The SMILES string of the molecule is CCC(CC)C(C#N)N1CCC(C)C1=S. The van der Waals surface area contributed by atoms with Crippen LogP contribution in [0, 0.1) is 23.2 Å². The van der Waals surface area contributed by atoms with E-state index in [1.54, 1.807) is 0 Å². The summed E-state index contributed by atoms with van der Waals surface area (Å²) in [7, 11) is 0. The normalized spacial score (nSPS) is 23.3. The number of nitriles is 1. The molecular weight excluding hydrogens is 204 g/mol. The summed E-state index contributed by atoms with van der Waals surface area (Å²) in [4.78, 5) is 3.14. The van der Waals surface area contributed by atoms with Crippen molar-refractivity contribution in [3.8, 4) is 6.07 Å². The van der Waals surface area contributed by atoms with Gasteiger partial charge in [0.1, 0.15) is 6.04 Å². The van der Waals surface area contributed by atoms with Crippen LogP contribution in [0.3, 0.4) is 0 Å². The van der Waals surface area contributed by atoms with Gasteiger partial charge in [0.2, 0.25) is 0 Å². The predicted octanol–water partition coefficient (Wildman–Crippen LogP) is 2.98. The van der Waals surface area contributed by atoms with Gasteiger partial charge in [0, 0.05) is 12.5 Å². The third-order valence-electron chi connectivity index (χ3n) is 3.47. The molecule has 0 amide bonds. The van der Waals surface area contributed by atoms with Crippen LogP contribution in [-0.4, -0.2) is 22.5 Å². The van der Waals surface area contributed by atoms with Crippen molar-refractivity contribution < 1.29 is 0 Å². The third-order valence-corrected chi connectivity index (χ3v) is 4.11. The maximum atomic E-state index is 9.27. The van der Waals surface area contributed by atoms with Gasteiger partial charge < -0.3 is 4.90 Å². The molecule has 0 spiro atoms. The Morgan fingerprint density at radius 1 is 1.53 bits per heavy atom. The van der Waals surface area contributed by atoms with Crippen LogP contribution in [0.25, 0.3) is 0 Å². The number of thiocarbonyl (C=S) groups is 1. The molecule has 2 unspecified atom stereocenters. The van der Waals surface area contributed by atoms with Crippen molar-refractivity contribution in [1.29, 1.82) is 5.26 Å². The summed E-state index contributed by atoms with van der Waals surface area (Å²) in [6, 6.07) is 2.43. The zero-order chi connectivity index (χ0) is 11.4. The van der Waals surface area contributed by atoms with Gasteiger partial charge in [-0.05, 0) is 12.3 Å². The minimum absolute atomic E-state index is 0.00236. The molecule has 2 nitrogen and oxygen atoms in total. The molecule has 1 heterocycles. The van der Waals surface area contributed by atoms with Gasteiger partial charge in [-0.2, -0.15) is 5.26 Å². The van der Waals surface area contributed by atoms with Crippen LogP contribution in [0.5, 0.6) is 0 Å². The molecule has 3 heteroatoms. The molecule has 0 N–H and O–H groups in total. The Morgan fingerprint density at radius 3 is 2.47 bits per heavy atom. The van der Waals surface area contributed by atoms with E-state index in [1.165, 1.54) is 0 Å². The standard InChI is InChI=1S/C12H20N2S/c1-4-10(5-2)11(8-13)14-7-6-9(3)12(14)15/h9-11H,4-7H2,1-3H3. The van der Waals surface area contributed by atoms with Crippen LogP contribution < -0.4 is 0 Å². The quantitative estimate of drug-likeness (QED) is 0.687. The van der Waals surface area contributed by atoms with E-state index < -0.39 is 0 Å². The average molecular weight is 224 g/mol. The van der Waals surface area contributed by atoms with Gasteiger partial charge in [0.05, 0.1) is 11.1 Å². The summed E-state index contributed by atoms with van der Waals surface area (Å²) in [5.74, 6) is 0.934. The summed E-state index contributed by atoms with van der Waals surface area (Å²) in [6.45, 7) is 7.43. The van der Waals surface area contributed by atoms with Crippen molar-refractivity contribution in [2.75, 3.05) is 6.54 Å². The first-order valence-electron chi connectivity index (χ1n) is 5.85. The second-order valence-electron chi connectivity index (χ2n) is 4.37. The number of nitrogens with zero attached hydrogens (tertiary/aromatic N) is 2. The number of hydrogen-bond acceptors (Lipinski definition) is 2. The van der Waals surface area contributed by atoms with Crippen molar-refractivity contribution in [1.82, 2.24) is 4.90 Å². The van der Waals surface area contributed by atoms with Crippen molar-refractivity contribution in [3.63, 3.8) is 0 Å². The molecule has 0 aromatic heterocycles. The lowest BCUT2D eigenvalue weighted by molar-refractivity contribution is 0.282. The largest absolute Gasteiger partial charge is 0.350 e. The molecular formula is C12H20N2S. The average Bonchev–Trinajstić information content (AvgIpc) is 2.57. The molecule has 0 bridgehead atoms. The smallest absolute Gasteiger partial charge is 0.120 e. The Hall–Kier alpha value is -0.620. The lowest BCUT2D eigenvalue weighted by atomic mass is 9.94. The highest BCUT2D eigenvalue weighted by Gasteiger charge is 2.33. The van der Waals surface area contributed by atoms with Gasteiger partial charge in [0.15, 0.2) is 0 Å². The zero-order valence-corrected chi connectivity index (χ0v) is 10.7. The van der Waals surface area contributed by atoms with Crippen LogP contribution in [0.4, 0.5) is 0 Å². The first-order valence-corrected chi connectivity index (χ1v) is 6.26. The molecule has 15 heavy (non-hydrogen) atoms. The summed E-state index contributed by atoms with van der Waals surface area (Å²) in [6.07, 6.45) is 3.22. The van der Waals surface area contributed by atoms with Gasteiger partial charge >= 0.3 is 0 Å². The van der Waals surface area contributed by atoms with Crippen LogP contribution in [-0.2, 0) is 0 Å². The van der Waals surface area contributed by atoms with Crippen LogP contribution in [0.15, 0.2) is 0 Å². The molecule has 2 atom stereocenters. The predicted molar refractivity (Wildman–Crippen MR) is 66.6 cm³/mol. The van der Waals surface area contributed by atoms with E-state index in [-0.39, 0.29) is 6.04 Å². The Bertz CT molecular complexity index is 265. The highest BCUT2D eigenvalue weighted by molar-refractivity contribution is 7.80. The first-order chi connectivity index (χ1) is 7.15. The molecule has 0 saturated carbocycles. The second kappa shape index (κ2) is 5.46. The first kappa shape index (κ1) is 12.4. The van der Waals surface area contributed by atoms with Gasteiger partial charge in [-0.1, -0.05) is 45.8 Å². The molecule has 1 rings (SSSR count). The third kappa shape index (κ3) is 2.49. The van der Waals surface area contributed by atoms with Gasteiger partial charge in [-0.15, -0.1) is 0 Å². The molecule has 1 aliphatic heterocycles. The monoisotopic (exact) mass is 224 g/mol. The van der Waals surface area contributed by atoms with E-state index in [0.717, 1.165) is 30.8 Å². The second-order valence-corrected chi connectivity index (χ2v) is 4.79.